The summed E-state index contributed by atoms with van der Waals surface area (Å²) in [6.45, 7) is 9.57. The lowest BCUT2D eigenvalue weighted by Crippen LogP contribution is -2.49. The number of carbonyl (C=O) groups excluding carboxylic acids is 1. The van der Waals surface area contributed by atoms with Crippen LogP contribution in [-0.4, -0.2) is 35.2 Å². The molecule has 1 aliphatic carbocycles. The minimum absolute atomic E-state index is 0.0465. The fourth-order valence-corrected chi connectivity index (χ4v) is 3.60. The Kier molecular flexibility index (Phi) is 7.15. The maximum atomic E-state index is 12.4. The average Bonchev–Trinajstić information content (AvgIpc) is 2.77. The Bertz CT molecular complexity index is 888. The summed E-state index contributed by atoms with van der Waals surface area (Å²) in [5, 5.41) is 14.2. The summed E-state index contributed by atoms with van der Waals surface area (Å²) in [5.74, 6) is 7.60. The summed E-state index contributed by atoms with van der Waals surface area (Å²) in [4.78, 5) is 12.4. The van der Waals surface area contributed by atoms with E-state index in [0.29, 0.717) is 35.9 Å². The number of carbonyl (C=O) groups is 1. The van der Waals surface area contributed by atoms with Crippen molar-refractivity contribution < 1.29 is 4.79 Å². The highest BCUT2D eigenvalue weighted by Gasteiger charge is 2.31. The van der Waals surface area contributed by atoms with Gasteiger partial charge in [0.2, 0.25) is 5.91 Å². The second-order valence-electron chi connectivity index (χ2n) is 7.72. The Balaban J connectivity index is 1.45. The highest BCUT2D eigenvalue weighted by Crippen LogP contribution is 2.27. The number of piperidine rings is 1. The van der Waals surface area contributed by atoms with E-state index in [2.05, 4.69) is 52.3 Å². The Labute approximate surface area is 173 Å². The van der Waals surface area contributed by atoms with Crippen molar-refractivity contribution in [2.75, 3.05) is 13.1 Å². The van der Waals surface area contributed by atoms with E-state index in [1.807, 2.05) is 31.2 Å². The maximum absolute atomic E-state index is 12.4. The molecule has 4 atom stereocenters. The molecule has 0 spiro atoms. The molecule has 0 aromatic carbocycles. The van der Waals surface area contributed by atoms with E-state index < -0.39 is 0 Å². The summed E-state index contributed by atoms with van der Waals surface area (Å²) in [5.41, 5.74) is 2.39. The van der Waals surface area contributed by atoms with Crippen LogP contribution in [-0.2, 0) is 4.79 Å². The van der Waals surface area contributed by atoms with Gasteiger partial charge in [0.05, 0.1) is 12.4 Å². The molecule has 0 saturated carbocycles. The molecule has 1 aliphatic heterocycles. The van der Waals surface area contributed by atoms with E-state index in [0.717, 1.165) is 24.1 Å². The van der Waals surface area contributed by atoms with Crippen molar-refractivity contribution in [3.8, 4) is 11.8 Å². The summed E-state index contributed by atoms with van der Waals surface area (Å²) in [6.07, 6.45) is 14.1. The van der Waals surface area contributed by atoms with Gasteiger partial charge in [-0.25, -0.2) is 0 Å². The van der Waals surface area contributed by atoms with Crippen molar-refractivity contribution in [1.82, 2.24) is 20.8 Å². The molecule has 0 radical (unpaired) electrons. The molecule has 1 saturated heterocycles. The molecule has 2 N–H and O–H groups in total. The maximum Gasteiger partial charge on any atom is 0.246 e. The van der Waals surface area contributed by atoms with E-state index in [1.165, 1.54) is 0 Å². The molecule has 5 nitrogen and oxygen atoms in total. The van der Waals surface area contributed by atoms with Crippen LogP contribution < -0.4 is 10.6 Å². The van der Waals surface area contributed by atoms with Crippen LogP contribution in [0.5, 0.6) is 0 Å². The Morgan fingerprint density at radius 2 is 2.34 bits per heavy atom. The third-order valence-corrected chi connectivity index (χ3v) is 5.57. The van der Waals surface area contributed by atoms with Gasteiger partial charge in [-0.2, -0.15) is 10.2 Å². The van der Waals surface area contributed by atoms with Crippen molar-refractivity contribution in [2.24, 2.45) is 17.8 Å². The van der Waals surface area contributed by atoms with Gasteiger partial charge in [0, 0.05) is 36.2 Å². The molecule has 150 valence electrons. The van der Waals surface area contributed by atoms with Crippen LogP contribution in [0.3, 0.4) is 0 Å². The van der Waals surface area contributed by atoms with Crippen molar-refractivity contribution in [1.29, 1.82) is 0 Å². The topological polar surface area (TPSA) is 66.9 Å². The minimum Gasteiger partial charge on any atom is -0.352 e. The number of hydrogen-bond donors (Lipinski definition) is 2. The number of nitrogens with zero attached hydrogens (tertiary/aromatic N) is 2. The predicted octanol–water partition coefficient (Wildman–Crippen LogP) is 2.91. The molecule has 1 aromatic rings. The Hall–Kier alpha value is -2.97. The standard InChI is InChI=1S/C24H28N4O/c1-17(21-11-12-27-28-16-21)7-6-8-18(2)24(29)26-14-19(3)23-13-20-9-4-5-10-22(20)15-25-23/h4,6-9,11-12,16,19-20,22-23,25H,1,13-15H2,2-3H3,(H,26,29)/b7-6-,18-8+/t19-,20?,22?,23+/m1/s1. The predicted molar refractivity (Wildman–Crippen MR) is 116 cm³/mol. The number of aromatic nitrogens is 2. The van der Waals surface area contributed by atoms with Gasteiger partial charge in [0.1, 0.15) is 0 Å². The highest BCUT2D eigenvalue weighted by molar-refractivity contribution is 5.93. The lowest BCUT2D eigenvalue weighted by molar-refractivity contribution is -0.117. The zero-order valence-electron chi connectivity index (χ0n) is 17.1. The van der Waals surface area contributed by atoms with Gasteiger partial charge in [-0.15, -0.1) is 0 Å². The van der Waals surface area contributed by atoms with Crippen molar-refractivity contribution in [3.63, 3.8) is 0 Å². The number of rotatable bonds is 7. The monoisotopic (exact) mass is 388 g/mol. The first kappa shape index (κ1) is 20.8. The van der Waals surface area contributed by atoms with Crippen molar-refractivity contribution >= 4 is 11.5 Å². The van der Waals surface area contributed by atoms with E-state index in [9.17, 15) is 4.79 Å². The molecule has 5 heteroatoms. The van der Waals surface area contributed by atoms with Gasteiger partial charge in [-0.05, 0) is 42.9 Å². The number of hydrogen-bond acceptors (Lipinski definition) is 4. The Morgan fingerprint density at radius 1 is 1.48 bits per heavy atom. The summed E-state index contributed by atoms with van der Waals surface area (Å²) < 4.78 is 0. The van der Waals surface area contributed by atoms with Crippen LogP contribution >= 0.6 is 0 Å². The van der Waals surface area contributed by atoms with Crippen LogP contribution in [0.4, 0.5) is 0 Å². The van der Waals surface area contributed by atoms with Gasteiger partial charge in [-0.1, -0.05) is 49.6 Å². The SMILES string of the molecule is C=C(/C=C\C=C(/C)C(=O)NC[C@@H](C)[C@@H]1CC2C=CC#CC2CN1)c1ccnnc1. The minimum atomic E-state index is -0.0465. The van der Waals surface area contributed by atoms with E-state index in [4.69, 9.17) is 0 Å². The highest BCUT2D eigenvalue weighted by atomic mass is 16.1. The third kappa shape index (κ3) is 5.75. The molecule has 2 unspecified atom stereocenters. The molecule has 0 bridgehead atoms. The summed E-state index contributed by atoms with van der Waals surface area (Å²) in [6, 6.07) is 2.24. The quantitative estimate of drug-likeness (QED) is 0.428. The van der Waals surface area contributed by atoms with Crippen LogP contribution in [0.1, 0.15) is 25.8 Å². The molecule has 2 heterocycles. The van der Waals surface area contributed by atoms with Gasteiger partial charge >= 0.3 is 0 Å². The van der Waals surface area contributed by atoms with E-state index in [-0.39, 0.29) is 5.91 Å². The third-order valence-electron chi connectivity index (χ3n) is 5.57. The van der Waals surface area contributed by atoms with Crippen molar-refractivity contribution in [3.05, 3.63) is 66.6 Å². The number of nitrogens with one attached hydrogen (secondary N) is 2. The van der Waals surface area contributed by atoms with Crippen LogP contribution in [0.15, 0.2) is 61.0 Å². The second kappa shape index (κ2) is 9.99. The summed E-state index contributed by atoms with van der Waals surface area (Å²) in [7, 11) is 0. The van der Waals surface area contributed by atoms with Gasteiger partial charge in [0.25, 0.3) is 0 Å². The molecule has 29 heavy (non-hydrogen) atoms. The molecular weight excluding hydrogens is 360 g/mol. The summed E-state index contributed by atoms with van der Waals surface area (Å²) >= 11 is 0. The van der Waals surface area contributed by atoms with Gasteiger partial charge < -0.3 is 10.6 Å². The first-order valence-corrected chi connectivity index (χ1v) is 10.0. The van der Waals surface area contributed by atoms with Gasteiger partial charge in [0.15, 0.2) is 0 Å². The number of amides is 1. The second-order valence-corrected chi connectivity index (χ2v) is 7.72. The van der Waals surface area contributed by atoms with Gasteiger partial charge in [-0.3, -0.25) is 4.79 Å². The fourth-order valence-electron chi connectivity index (χ4n) is 3.60. The fraction of sp³-hybridized carbons (Fsp3) is 0.375. The largest absolute Gasteiger partial charge is 0.352 e. The van der Waals surface area contributed by atoms with Crippen LogP contribution in [0, 0.1) is 29.6 Å². The number of allylic oxidation sites excluding steroid dienone is 6. The average molecular weight is 389 g/mol. The van der Waals surface area contributed by atoms with Crippen LogP contribution in [0.2, 0.25) is 0 Å². The van der Waals surface area contributed by atoms with E-state index >= 15 is 0 Å². The Morgan fingerprint density at radius 3 is 3.14 bits per heavy atom. The lowest BCUT2D eigenvalue weighted by Gasteiger charge is -2.37. The molecule has 2 aliphatic rings. The van der Waals surface area contributed by atoms with E-state index in [1.54, 1.807) is 18.5 Å². The molecule has 1 aromatic heterocycles. The molecule has 1 amide bonds. The number of fused-ring (bicyclic) bond motifs is 1. The first-order valence-electron chi connectivity index (χ1n) is 10.0. The first-order chi connectivity index (χ1) is 14.0. The van der Waals surface area contributed by atoms with Crippen LogP contribution in [0.25, 0.3) is 5.57 Å². The molecule has 3 rings (SSSR count). The normalized spacial score (nSPS) is 24.3. The zero-order chi connectivity index (χ0) is 20.6. The molecular formula is C24H28N4O. The smallest absolute Gasteiger partial charge is 0.246 e. The lowest BCUT2D eigenvalue weighted by atomic mass is 9.78. The zero-order valence-corrected chi connectivity index (χ0v) is 17.1. The molecule has 1 fully saturated rings. The van der Waals surface area contributed by atoms with Crippen molar-refractivity contribution in [2.45, 2.75) is 26.3 Å².